The van der Waals surface area contributed by atoms with Crippen molar-refractivity contribution in [3.05, 3.63) is 48.3 Å². The maximum Gasteiger partial charge on any atom is 0.224 e. The minimum Gasteiger partial charge on any atom is -0.337 e. The molecule has 1 aliphatic heterocycles. The molecule has 1 aliphatic rings. The summed E-state index contributed by atoms with van der Waals surface area (Å²) in [6, 6.07) is 10.00. The van der Waals surface area contributed by atoms with Crippen LogP contribution in [0.15, 0.2) is 42.7 Å². The number of thiol groups is 1. The van der Waals surface area contributed by atoms with E-state index in [1.54, 1.807) is 6.20 Å². The summed E-state index contributed by atoms with van der Waals surface area (Å²) in [4.78, 5) is 13.6. The highest BCUT2D eigenvalue weighted by atomic mass is 32.1. The summed E-state index contributed by atoms with van der Waals surface area (Å²) in [6.07, 6.45) is 4.21. The second-order valence-corrected chi connectivity index (χ2v) is 5.48. The third-order valence-corrected chi connectivity index (χ3v) is 3.62. The SMILES string of the molecule is O=C1CC(S)CN1Cc1ccc(-n2cccn2)cc1. The molecule has 0 spiro atoms. The lowest BCUT2D eigenvalue weighted by molar-refractivity contribution is -0.128. The van der Waals surface area contributed by atoms with Crippen molar-refractivity contribution in [1.82, 2.24) is 14.7 Å². The minimum absolute atomic E-state index is 0.177. The molecule has 0 saturated carbocycles. The molecule has 0 radical (unpaired) electrons. The predicted octanol–water partition coefficient (Wildman–Crippen LogP) is 1.90. The van der Waals surface area contributed by atoms with Crippen LogP contribution in [0.2, 0.25) is 0 Å². The number of rotatable bonds is 3. The minimum atomic E-state index is 0.177. The molecule has 98 valence electrons. The summed E-state index contributed by atoms with van der Waals surface area (Å²) in [7, 11) is 0. The Kier molecular flexibility index (Phi) is 3.29. The molecule has 1 saturated heterocycles. The lowest BCUT2D eigenvalue weighted by Crippen LogP contribution is -2.24. The van der Waals surface area contributed by atoms with Crippen LogP contribution in [0, 0.1) is 0 Å². The Bertz CT molecular complexity index is 565. The number of carbonyl (C=O) groups excluding carboxylic acids is 1. The first-order valence-corrected chi connectivity index (χ1v) is 6.79. The van der Waals surface area contributed by atoms with Crippen molar-refractivity contribution in [3.63, 3.8) is 0 Å². The van der Waals surface area contributed by atoms with Gasteiger partial charge in [0.2, 0.25) is 5.91 Å². The zero-order valence-electron chi connectivity index (χ0n) is 10.4. The molecule has 2 aromatic rings. The summed E-state index contributed by atoms with van der Waals surface area (Å²) < 4.78 is 1.81. The van der Waals surface area contributed by atoms with Gasteiger partial charge >= 0.3 is 0 Å². The Balaban J connectivity index is 1.71. The summed E-state index contributed by atoms with van der Waals surface area (Å²) in [6.45, 7) is 1.40. The van der Waals surface area contributed by atoms with Gasteiger partial charge < -0.3 is 4.90 Å². The summed E-state index contributed by atoms with van der Waals surface area (Å²) in [5.41, 5.74) is 2.15. The molecule has 4 nitrogen and oxygen atoms in total. The molecular formula is C14H15N3OS. The van der Waals surface area contributed by atoms with Crippen molar-refractivity contribution in [3.8, 4) is 5.69 Å². The highest BCUT2D eigenvalue weighted by Crippen LogP contribution is 2.19. The van der Waals surface area contributed by atoms with Gasteiger partial charge in [0.15, 0.2) is 0 Å². The first-order valence-electron chi connectivity index (χ1n) is 6.27. The average Bonchev–Trinajstić information content (AvgIpc) is 3.01. The van der Waals surface area contributed by atoms with Gasteiger partial charge in [0.05, 0.1) is 5.69 Å². The number of hydrogen-bond donors (Lipinski definition) is 1. The summed E-state index contributed by atoms with van der Waals surface area (Å²) >= 11 is 4.36. The van der Waals surface area contributed by atoms with Gasteiger partial charge in [-0.1, -0.05) is 12.1 Å². The van der Waals surface area contributed by atoms with Crippen molar-refractivity contribution < 1.29 is 4.79 Å². The first kappa shape index (κ1) is 12.3. The van der Waals surface area contributed by atoms with E-state index in [0.717, 1.165) is 17.8 Å². The molecule has 1 atom stereocenters. The molecule has 2 heterocycles. The van der Waals surface area contributed by atoms with Gasteiger partial charge in [-0.2, -0.15) is 17.7 Å². The fourth-order valence-corrected chi connectivity index (χ4v) is 2.65. The van der Waals surface area contributed by atoms with E-state index in [2.05, 4.69) is 17.7 Å². The van der Waals surface area contributed by atoms with Crippen molar-refractivity contribution >= 4 is 18.5 Å². The Morgan fingerprint density at radius 1 is 1.32 bits per heavy atom. The summed E-state index contributed by atoms with van der Waals surface area (Å²) in [5.74, 6) is 0.191. The van der Waals surface area contributed by atoms with E-state index in [0.29, 0.717) is 13.0 Å². The second-order valence-electron chi connectivity index (χ2n) is 4.75. The fraction of sp³-hybridized carbons (Fsp3) is 0.286. The molecule has 5 heteroatoms. The smallest absolute Gasteiger partial charge is 0.224 e. The van der Waals surface area contributed by atoms with Gasteiger partial charge in [0.25, 0.3) is 0 Å². The molecule has 1 unspecified atom stereocenters. The third-order valence-electron chi connectivity index (χ3n) is 3.27. The largest absolute Gasteiger partial charge is 0.337 e. The molecule has 0 bridgehead atoms. The molecule has 3 rings (SSSR count). The van der Waals surface area contributed by atoms with E-state index in [-0.39, 0.29) is 11.2 Å². The molecule has 19 heavy (non-hydrogen) atoms. The van der Waals surface area contributed by atoms with Crippen LogP contribution < -0.4 is 0 Å². The van der Waals surface area contributed by atoms with E-state index in [1.807, 2.05) is 46.1 Å². The van der Waals surface area contributed by atoms with Crippen LogP contribution in [-0.4, -0.2) is 32.4 Å². The Labute approximate surface area is 117 Å². The molecular weight excluding hydrogens is 258 g/mol. The van der Waals surface area contributed by atoms with Crippen LogP contribution in [0.5, 0.6) is 0 Å². The third kappa shape index (κ3) is 2.66. The van der Waals surface area contributed by atoms with Gasteiger partial charge in [-0.15, -0.1) is 0 Å². The number of likely N-dealkylation sites (tertiary alicyclic amines) is 1. The number of carbonyl (C=O) groups is 1. The van der Waals surface area contributed by atoms with Gasteiger partial charge in [-0.3, -0.25) is 4.79 Å². The zero-order chi connectivity index (χ0) is 13.2. The van der Waals surface area contributed by atoms with E-state index in [4.69, 9.17) is 0 Å². The van der Waals surface area contributed by atoms with E-state index < -0.39 is 0 Å². The Hall–Kier alpha value is -1.75. The second kappa shape index (κ2) is 5.09. The zero-order valence-corrected chi connectivity index (χ0v) is 11.3. The maximum atomic E-state index is 11.7. The maximum absolute atomic E-state index is 11.7. The monoisotopic (exact) mass is 273 g/mol. The van der Waals surface area contributed by atoms with Crippen molar-refractivity contribution in [1.29, 1.82) is 0 Å². The number of hydrogen-bond acceptors (Lipinski definition) is 3. The van der Waals surface area contributed by atoms with Crippen LogP contribution in [0.25, 0.3) is 5.69 Å². The highest BCUT2D eigenvalue weighted by molar-refractivity contribution is 7.81. The molecule has 1 amide bonds. The van der Waals surface area contributed by atoms with Crippen LogP contribution in [-0.2, 0) is 11.3 Å². The van der Waals surface area contributed by atoms with Gasteiger partial charge in [0.1, 0.15) is 0 Å². The standard InChI is InChI=1S/C14H15N3OS/c18-14-8-13(19)10-16(14)9-11-2-4-12(5-3-11)17-7-1-6-15-17/h1-7,13,19H,8-10H2. The van der Waals surface area contributed by atoms with Gasteiger partial charge in [-0.05, 0) is 23.8 Å². The highest BCUT2D eigenvalue weighted by Gasteiger charge is 2.26. The van der Waals surface area contributed by atoms with Crippen LogP contribution in [0.1, 0.15) is 12.0 Å². The van der Waals surface area contributed by atoms with E-state index in [1.165, 1.54) is 0 Å². The lowest BCUT2D eigenvalue weighted by atomic mass is 10.2. The molecule has 1 fully saturated rings. The van der Waals surface area contributed by atoms with Crippen molar-refractivity contribution in [2.24, 2.45) is 0 Å². The van der Waals surface area contributed by atoms with Gasteiger partial charge in [0, 0.05) is 37.2 Å². The average molecular weight is 273 g/mol. The predicted molar refractivity (Wildman–Crippen MR) is 76.4 cm³/mol. The molecule has 1 aromatic heterocycles. The van der Waals surface area contributed by atoms with Crippen molar-refractivity contribution in [2.75, 3.05) is 6.54 Å². The number of benzene rings is 1. The van der Waals surface area contributed by atoms with Crippen LogP contribution >= 0.6 is 12.6 Å². The fourth-order valence-electron chi connectivity index (χ4n) is 2.30. The van der Waals surface area contributed by atoms with Crippen LogP contribution in [0.4, 0.5) is 0 Å². The number of amides is 1. The van der Waals surface area contributed by atoms with Crippen LogP contribution in [0.3, 0.4) is 0 Å². The van der Waals surface area contributed by atoms with Crippen molar-refractivity contribution in [2.45, 2.75) is 18.2 Å². The Morgan fingerprint density at radius 2 is 2.11 bits per heavy atom. The summed E-state index contributed by atoms with van der Waals surface area (Å²) in [5, 5.41) is 4.36. The van der Waals surface area contributed by atoms with Gasteiger partial charge in [-0.25, -0.2) is 4.68 Å². The molecule has 1 aromatic carbocycles. The topological polar surface area (TPSA) is 38.1 Å². The normalized spacial score (nSPS) is 19.1. The number of aromatic nitrogens is 2. The quantitative estimate of drug-likeness (QED) is 0.867. The van der Waals surface area contributed by atoms with E-state index in [9.17, 15) is 4.79 Å². The number of nitrogens with zero attached hydrogens (tertiary/aromatic N) is 3. The Morgan fingerprint density at radius 3 is 2.68 bits per heavy atom. The molecule has 0 aliphatic carbocycles. The first-order chi connectivity index (χ1) is 9.22. The molecule has 0 N–H and O–H groups in total. The van der Waals surface area contributed by atoms with E-state index >= 15 is 0 Å². The lowest BCUT2D eigenvalue weighted by Gasteiger charge is -2.16.